The number of benzene rings is 3. The Morgan fingerprint density at radius 3 is 2.39 bits per heavy atom. The van der Waals surface area contributed by atoms with E-state index in [2.05, 4.69) is 15.3 Å². The largest absolute Gasteiger partial charge is 0.493 e. The number of nitrogens with zero attached hydrogens (tertiary/aromatic N) is 3. The molecule has 0 fully saturated rings. The lowest BCUT2D eigenvalue weighted by Gasteiger charge is -2.12. The van der Waals surface area contributed by atoms with Crippen LogP contribution >= 0.6 is 0 Å². The minimum Gasteiger partial charge on any atom is -0.493 e. The van der Waals surface area contributed by atoms with Crippen LogP contribution in [-0.4, -0.2) is 35.3 Å². The van der Waals surface area contributed by atoms with Gasteiger partial charge in [0.2, 0.25) is 0 Å². The Morgan fingerprint density at radius 1 is 0.868 bits per heavy atom. The van der Waals surface area contributed by atoms with Crippen molar-refractivity contribution < 1.29 is 22.6 Å². The summed E-state index contributed by atoms with van der Waals surface area (Å²) in [5, 5.41) is 4.12. The van der Waals surface area contributed by atoms with Gasteiger partial charge in [-0.2, -0.15) is 13.2 Å². The highest BCUT2D eigenvalue weighted by Crippen LogP contribution is 2.37. The van der Waals surface area contributed by atoms with E-state index in [-0.39, 0.29) is 0 Å². The minimum absolute atomic E-state index is 0.363. The van der Waals surface area contributed by atoms with Crippen LogP contribution < -0.4 is 14.8 Å². The summed E-state index contributed by atoms with van der Waals surface area (Å²) in [4.78, 5) is 8.95. The van der Waals surface area contributed by atoms with Crippen LogP contribution in [0.2, 0.25) is 0 Å². The average molecular weight is 519 g/mol. The molecule has 0 saturated carbocycles. The van der Waals surface area contributed by atoms with Gasteiger partial charge in [0, 0.05) is 24.0 Å². The summed E-state index contributed by atoms with van der Waals surface area (Å²) in [5.41, 5.74) is 2.91. The molecule has 1 N–H and O–H groups in total. The molecule has 9 heteroatoms. The Balaban J connectivity index is 1.53. The van der Waals surface area contributed by atoms with E-state index in [1.807, 2.05) is 54.7 Å². The zero-order chi connectivity index (χ0) is 26.7. The number of alkyl halides is 3. The summed E-state index contributed by atoms with van der Waals surface area (Å²) in [6, 6.07) is 20.6. The second-order valence-electron chi connectivity index (χ2n) is 8.61. The predicted octanol–water partition coefficient (Wildman–Crippen LogP) is 6.78. The lowest BCUT2D eigenvalue weighted by Crippen LogP contribution is -2.08. The first-order chi connectivity index (χ1) is 18.4. The number of fused-ring (bicyclic) bond motifs is 1. The monoisotopic (exact) mass is 518 g/mol. The molecule has 0 saturated heterocycles. The van der Waals surface area contributed by atoms with Crippen LogP contribution in [0, 0.1) is 0 Å². The van der Waals surface area contributed by atoms with Crippen molar-refractivity contribution in [3.63, 3.8) is 0 Å². The van der Waals surface area contributed by atoms with Gasteiger partial charge in [-0.1, -0.05) is 42.5 Å². The number of hydrogen-bond acceptors (Lipinski definition) is 5. The van der Waals surface area contributed by atoms with Crippen molar-refractivity contribution in [2.24, 2.45) is 0 Å². The summed E-state index contributed by atoms with van der Waals surface area (Å²) in [6.07, 6.45) is -0.544. The lowest BCUT2D eigenvalue weighted by molar-refractivity contribution is -0.137. The number of halogens is 3. The van der Waals surface area contributed by atoms with E-state index in [0.717, 1.165) is 34.2 Å². The number of nitrogens with one attached hydrogen (secondary N) is 1. The van der Waals surface area contributed by atoms with Crippen molar-refractivity contribution in [1.29, 1.82) is 0 Å². The van der Waals surface area contributed by atoms with Gasteiger partial charge in [-0.25, -0.2) is 9.97 Å². The van der Waals surface area contributed by atoms with Gasteiger partial charge >= 0.3 is 6.18 Å². The van der Waals surface area contributed by atoms with E-state index in [4.69, 9.17) is 9.47 Å². The highest BCUT2D eigenvalue weighted by molar-refractivity contribution is 6.02. The normalized spacial score (nSPS) is 11.5. The molecule has 194 valence electrons. The fraction of sp³-hybridized carbons (Fsp3) is 0.172. The van der Waals surface area contributed by atoms with Gasteiger partial charge < -0.3 is 19.4 Å². The smallest absolute Gasteiger partial charge is 0.416 e. The van der Waals surface area contributed by atoms with Crippen molar-refractivity contribution in [1.82, 2.24) is 14.5 Å². The van der Waals surface area contributed by atoms with Crippen LogP contribution in [0.3, 0.4) is 0 Å². The third-order valence-electron chi connectivity index (χ3n) is 6.27. The van der Waals surface area contributed by atoms with Crippen LogP contribution in [0.1, 0.15) is 11.1 Å². The first kappa shape index (κ1) is 25.1. The van der Waals surface area contributed by atoms with Gasteiger partial charge in [0.15, 0.2) is 17.1 Å². The SMILES string of the molecule is COc1ccc(CCNc2ncnc3c2c(-c2ccccc2)cn3-c2cccc(C(F)(F)F)c2)cc1OC. The maximum atomic E-state index is 13.4. The van der Waals surface area contributed by atoms with Gasteiger partial charge in [-0.15, -0.1) is 0 Å². The standard InChI is InChI=1S/C29H25F3N4O2/c1-37-24-12-11-19(15-25(24)38-2)13-14-33-27-26-23(20-7-4-3-5-8-20)17-36(28(26)35-18-34-27)22-10-6-9-21(16-22)29(30,31)32/h3-12,15-18H,13-14H2,1-2H3,(H,33,34,35). The summed E-state index contributed by atoms with van der Waals surface area (Å²) in [6.45, 7) is 0.560. The summed E-state index contributed by atoms with van der Waals surface area (Å²) < 4.78 is 52.7. The maximum absolute atomic E-state index is 13.4. The molecule has 3 aromatic carbocycles. The molecule has 0 aliphatic carbocycles. The Morgan fingerprint density at radius 2 is 1.66 bits per heavy atom. The molecule has 0 spiro atoms. The topological polar surface area (TPSA) is 61.2 Å². The highest BCUT2D eigenvalue weighted by Gasteiger charge is 2.30. The number of aromatic nitrogens is 3. The Kier molecular flexibility index (Phi) is 6.91. The first-order valence-electron chi connectivity index (χ1n) is 11.9. The zero-order valence-corrected chi connectivity index (χ0v) is 20.8. The van der Waals surface area contributed by atoms with Crippen molar-refractivity contribution in [2.75, 3.05) is 26.1 Å². The zero-order valence-electron chi connectivity index (χ0n) is 20.8. The van der Waals surface area contributed by atoms with E-state index in [9.17, 15) is 13.2 Å². The second kappa shape index (κ2) is 10.5. The molecule has 5 aromatic rings. The van der Waals surface area contributed by atoms with Gasteiger partial charge in [-0.3, -0.25) is 0 Å². The molecule has 0 bridgehead atoms. The highest BCUT2D eigenvalue weighted by atomic mass is 19.4. The van der Waals surface area contributed by atoms with E-state index in [1.165, 1.54) is 12.4 Å². The molecule has 0 radical (unpaired) electrons. The predicted molar refractivity (Wildman–Crippen MR) is 141 cm³/mol. The number of ether oxygens (including phenoxy) is 2. The Bertz CT molecular complexity index is 1570. The minimum atomic E-state index is -4.45. The van der Waals surface area contributed by atoms with Crippen molar-refractivity contribution in [3.8, 4) is 28.3 Å². The molecule has 38 heavy (non-hydrogen) atoms. The lowest BCUT2D eigenvalue weighted by atomic mass is 10.1. The molecular formula is C29H25F3N4O2. The second-order valence-corrected chi connectivity index (χ2v) is 8.61. The van der Waals surface area contributed by atoms with Crippen molar-refractivity contribution >= 4 is 16.9 Å². The van der Waals surface area contributed by atoms with Gasteiger partial charge in [0.1, 0.15) is 12.1 Å². The molecular weight excluding hydrogens is 493 g/mol. The van der Waals surface area contributed by atoms with Gasteiger partial charge in [-0.05, 0) is 47.9 Å². The number of hydrogen-bond donors (Lipinski definition) is 1. The average Bonchev–Trinajstić information content (AvgIpc) is 3.34. The van der Waals surface area contributed by atoms with Crippen LogP contribution in [0.25, 0.3) is 27.8 Å². The third kappa shape index (κ3) is 5.00. The Labute approximate surface area is 217 Å². The number of methoxy groups -OCH3 is 2. The van der Waals surface area contributed by atoms with Crippen molar-refractivity contribution in [2.45, 2.75) is 12.6 Å². The van der Waals surface area contributed by atoms with Gasteiger partial charge in [0.05, 0.1) is 25.2 Å². The third-order valence-corrected chi connectivity index (χ3v) is 6.27. The van der Waals surface area contributed by atoms with Crippen LogP contribution in [0.4, 0.5) is 19.0 Å². The molecule has 0 atom stereocenters. The van der Waals surface area contributed by atoms with Crippen LogP contribution in [-0.2, 0) is 12.6 Å². The summed E-state index contributed by atoms with van der Waals surface area (Å²) in [7, 11) is 3.19. The van der Waals surface area contributed by atoms with Crippen LogP contribution in [0.5, 0.6) is 11.5 Å². The molecule has 2 aromatic heterocycles. The summed E-state index contributed by atoms with van der Waals surface area (Å²) in [5.74, 6) is 1.91. The quantitative estimate of drug-likeness (QED) is 0.245. The maximum Gasteiger partial charge on any atom is 0.416 e. The molecule has 6 nitrogen and oxygen atoms in total. The van der Waals surface area contributed by atoms with E-state index in [0.29, 0.717) is 41.6 Å². The van der Waals surface area contributed by atoms with Crippen molar-refractivity contribution in [3.05, 3.63) is 96.4 Å². The molecule has 2 heterocycles. The fourth-order valence-corrected chi connectivity index (χ4v) is 4.42. The molecule has 0 aliphatic heterocycles. The van der Waals surface area contributed by atoms with E-state index < -0.39 is 11.7 Å². The first-order valence-corrected chi connectivity index (χ1v) is 11.9. The fourth-order valence-electron chi connectivity index (χ4n) is 4.42. The number of rotatable bonds is 8. The molecule has 0 aliphatic rings. The van der Waals surface area contributed by atoms with Crippen LogP contribution in [0.15, 0.2) is 85.3 Å². The van der Waals surface area contributed by atoms with Gasteiger partial charge in [0.25, 0.3) is 0 Å². The molecule has 0 amide bonds. The summed E-state index contributed by atoms with van der Waals surface area (Å²) >= 11 is 0. The molecule has 5 rings (SSSR count). The Hall–Kier alpha value is -4.53. The molecule has 0 unspecified atom stereocenters. The van der Waals surface area contributed by atoms with E-state index >= 15 is 0 Å². The van der Waals surface area contributed by atoms with E-state index in [1.54, 1.807) is 24.9 Å². The number of anilines is 1.